The molecule has 1 heterocycles. The van der Waals surface area contributed by atoms with E-state index in [2.05, 4.69) is 21.3 Å². The van der Waals surface area contributed by atoms with Gasteiger partial charge in [0.25, 0.3) is 0 Å². The van der Waals surface area contributed by atoms with Crippen LogP contribution < -0.4 is 5.32 Å². The van der Waals surface area contributed by atoms with Crippen molar-refractivity contribution in [3.63, 3.8) is 0 Å². The molecule has 0 amide bonds. The van der Waals surface area contributed by atoms with Gasteiger partial charge in [-0.2, -0.15) is 0 Å². The number of likely N-dealkylation sites (tertiary alicyclic amines) is 1. The van der Waals surface area contributed by atoms with E-state index in [0.29, 0.717) is 19.1 Å². The first kappa shape index (κ1) is 19.0. The fourth-order valence-electron chi connectivity index (χ4n) is 2.90. The predicted molar refractivity (Wildman–Crippen MR) is 98.9 cm³/mol. The van der Waals surface area contributed by atoms with Gasteiger partial charge in [0.05, 0.1) is 19.8 Å². The maximum Gasteiger partial charge on any atom is 0.193 e. The fourth-order valence-corrected chi connectivity index (χ4v) is 3.11. The molecular weight excluding hydrogens is 326 g/mol. The van der Waals surface area contributed by atoms with Crippen molar-refractivity contribution in [1.29, 1.82) is 0 Å². The number of hydrogen-bond donors (Lipinski definition) is 1. The van der Waals surface area contributed by atoms with Gasteiger partial charge < -0.3 is 19.7 Å². The maximum atomic E-state index is 6.02. The molecule has 1 N–H and O–H groups in total. The topological polar surface area (TPSA) is 46.1 Å². The number of ether oxygens (including phenoxy) is 2. The Kier molecular flexibility index (Phi) is 8.36. The van der Waals surface area contributed by atoms with Crippen LogP contribution in [0.5, 0.6) is 0 Å². The van der Waals surface area contributed by atoms with Crippen molar-refractivity contribution < 1.29 is 9.47 Å². The first-order valence-corrected chi connectivity index (χ1v) is 8.87. The number of nitrogens with one attached hydrogen (secondary N) is 1. The molecule has 24 heavy (non-hydrogen) atoms. The molecular formula is C18H28ClN3O2. The highest BCUT2D eigenvalue weighted by molar-refractivity contribution is 6.30. The second-order valence-electron chi connectivity index (χ2n) is 6.02. The smallest absolute Gasteiger partial charge is 0.193 e. The summed E-state index contributed by atoms with van der Waals surface area (Å²) in [7, 11) is 3.53. The van der Waals surface area contributed by atoms with Crippen LogP contribution in [0.4, 0.5) is 0 Å². The maximum absolute atomic E-state index is 6.02. The standard InChI is InChI=1S/C18H28ClN3O2/c1-20-18(21-8-6-15-4-3-5-17(19)12-15)22-9-7-16(13-22)14-24-11-10-23-2/h3-5,12,16H,6-11,13-14H2,1-2H3,(H,20,21). The van der Waals surface area contributed by atoms with Crippen LogP contribution in [0.25, 0.3) is 0 Å². The first-order chi connectivity index (χ1) is 11.7. The zero-order chi connectivity index (χ0) is 17.2. The van der Waals surface area contributed by atoms with E-state index < -0.39 is 0 Å². The van der Waals surface area contributed by atoms with Crippen LogP contribution in [-0.2, 0) is 15.9 Å². The molecule has 0 aliphatic carbocycles. The van der Waals surface area contributed by atoms with Crippen molar-refractivity contribution in [2.45, 2.75) is 12.8 Å². The molecule has 6 heteroatoms. The minimum Gasteiger partial charge on any atom is -0.382 e. The molecule has 1 atom stereocenters. The molecule has 0 saturated carbocycles. The summed E-state index contributed by atoms with van der Waals surface area (Å²) in [5.41, 5.74) is 1.23. The molecule has 1 aromatic rings. The Morgan fingerprint density at radius 3 is 3.04 bits per heavy atom. The van der Waals surface area contributed by atoms with Gasteiger partial charge in [-0.3, -0.25) is 4.99 Å². The number of hydrogen-bond acceptors (Lipinski definition) is 3. The summed E-state index contributed by atoms with van der Waals surface area (Å²) in [6.45, 7) is 4.97. The average Bonchev–Trinajstić information content (AvgIpc) is 3.04. The summed E-state index contributed by atoms with van der Waals surface area (Å²) in [5.74, 6) is 1.53. The number of aliphatic imine (C=N–C) groups is 1. The normalized spacial score (nSPS) is 18.2. The predicted octanol–water partition coefficient (Wildman–Crippen LogP) is 2.44. The van der Waals surface area contributed by atoms with E-state index in [1.165, 1.54) is 5.56 Å². The lowest BCUT2D eigenvalue weighted by Gasteiger charge is -2.21. The number of halogens is 1. The molecule has 1 aliphatic rings. The largest absolute Gasteiger partial charge is 0.382 e. The Morgan fingerprint density at radius 2 is 2.29 bits per heavy atom. The Hall–Kier alpha value is -1.30. The number of guanidine groups is 1. The first-order valence-electron chi connectivity index (χ1n) is 8.49. The van der Waals surface area contributed by atoms with E-state index >= 15 is 0 Å². The van der Waals surface area contributed by atoms with Crippen LogP contribution in [0.15, 0.2) is 29.3 Å². The second-order valence-corrected chi connectivity index (χ2v) is 6.46. The summed E-state index contributed by atoms with van der Waals surface area (Å²) in [6, 6.07) is 7.99. The average molecular weight is 354 g/mol. The van der Waals surface area contributed by atoms with Gasteiger partial charge in [-0.05, 0) is 30.5 Å². The summed E-state index contributed by atoms with van der Waals surface area (Å²) >= 11 is 6.02. The van der Waals surface area contributed by atoms with Crippen molar-refractivity contribution in [3.05, 3.63) is 34.9 Å². The lowest BCUT2D eigenvalue weighted by atomic mass is 10.1. The van der Waals surface area contributed by atoms with E-state index in [1.807, 2.05) is 25.2 Å². The minimum atomic E-state index is 0.563. The molecule has 0 spiro atoms. The molecule has 1 saturated heterocycles. The summed E-state index contributed by atoms with van der Waals surface area (Å²) in [6.07, 6.45) is 2.07. The van der Waals surface area contributed by atoms with E-state index in [1.54, 1.807) is 7.11 Å². The van der Waals surface area contributed by atoms with E-state index in [0.717, 1.165) is 50.1 Å². The van der Waals surface area contributed by atoms with Gasteiger partial charge in [-0.25, -0.2) is 0 Å². The van der Waals surface area contributed by atoms with E-state index in [9.17, 15) is 0 Å². The van der Waals surface area contributed by atoms with Crippen LogP contribution in [0.1, 0.15) is 12.0 Å². The van der Waals surface area contributed by atoms with Crippen molar-refractivity contribution in [2.75, 3.05) is 53.6 Å². The van der Waals surface area contributed by atoms with Crippen molar-refractivity contribution in [3.8, 4) is 0 Å². The molecule has 1 unspecified atom stereocenters. The van der Waals surface area contributed by atoms with Crippen molar-refractivity contribution >= 4 is 17.6 Å². The molecule has 1 fully saturated rings. The quantitative estimate of drug-likeness (QED) is 0.443. The van der Waals surface area contributed by atoms with Gasteiger partial charge in [0, 0.05) is 44.7 Å². The molecule has 1 aliphatic heterocycles. The third-order valence-corrected chi connectivity index (χ3v) is 4.40. The highest BCUT2D eigenvalue weighted by Gasteiger charge is 2.24. The third kappa shape index (κ3) is 6.30. The Balaban J connectivity index is 1.70. The molecule has 134 valence electrons. The minimum absolute atomic E-state index is 0.563. The highest BCUT2D eigenvalue weighted by Crippen LogP contribution is 2.16. The van der Waals surface area contributed by atoms with Crippen LogP contribution in [0, 0.1) is 5.92 Å². The number of benzene rings is 1. The van der Waals surface area contributed by atoms with E-state index in [-0.39, 0.29) is 0 Å². The van der Waals surface area contributed by atoms with Gasteiger partial charge in [-0.1, -0.05) is 23.7 Å². The van der Waals surface area contributed by atoms with Crippen LogP contribution in [-0.4, -0.2) is 64.5 Å². The van der Waals surface area contributed by atoms with Crippen LogP contribution >= 0.6 is 11.6 Å². The molecule has 2 rings (SSSR count). The van der Waals surface area contributed by atoms with Gasteiger partial charge in [0.15, 0.2) is 5.96 Å². The van der Waals surface area contributed by atoms with Gasteiger partial charge in [0.2, 0.25) is 0 Å². The highest BCUT2D eigenvalue weighted by atomic mass is 35.5. The lowest BCUT2D eigenvalue weighted by Crippen LogP contribution is -2.41. The monoisotopic (exact) mass is 353 g/mol. The van der Waals surface area contributed by atoms with Crippen molar-refractivity contribution in [1.82, 2.24) is 10.2 Å². The molecule has 5 nitrogen and oxygen atoms in total. The Labute approximate surface area is 150 Å². The molecule has 0 aromatic heterocycles. The number of nitrogens with zero attached hydrogens (tertiary/aromatic N) is 2. The van der Waals surface area contributed by atoms with Gasteiger partial charge >= 0.3 is 0 Å². The summed E-state index contributed by atoms with van der Waals surface area (Å²) < 4.78 is 10.6. The second kappa shape index (κ2) is 10.5. The molecule has 0 radical (unpaired) electrons. The van der Waals surface area contributed by atoms with Gasteiger partial charge in [0.1, 0.15) is 0 Å². The summed E-state index contributed by atoms with van der Waals surface area (Å²) in [5, 5.41) is 4.23. The molecule has 1 aromatic carbocycles. The fraction of sp³-hybridized carbons (Fsp3) is 0.611. The number of methoxy groups -OCH3 is 1. The third-order valence-electron chi connectivity index (χ3n) is 4.17. The Morgan fingerprint density at radius 1 is 1.42 bits per heavy atom. The van der Waals surface area contributed by atoms with E-state index in [4.69, 9.17) is 21.1 Å². The zero-order valence-electron chi connectivity index (χ0n) is 14.6. The SMILES string of the molecule is CN=C(NCCc1cccc(Cl)c1)N1CCC(COCCOC)C1. The lowest BCUT2D eigenvalue weighted by molar-refractivity contribution is 0.0536. The molecule has 0 bridgehead atoms. The van der Waals surface area contributed by atoms with Gasteiger partial charge in [-0.15, -0.1) is 0 Å². The summed E-state index contributed by atoms with van der Waals surface area (Å²) in [4.78, 5) is 6.72. The van der Waals surface area contributed by atoms with Crippen LogP contribution in [0.2, 0.25) is 5.02 Å². The Bertz CT molecular complexity index is 525. The van der Waals surface area contributed by atoms with Crippen molar-refractivity contribution in [2.24, 2.45) is 10.9 Å². The zero-order valence-corrected chi connectivity index (χ0v) is 15.4. The number of rotatable bonds is 8. The van der Waals surface area contributed by atoms with Crippen LogP contribution in [0.3, 0.4) is 0 Å².